The van der Waals surface area contributed by atoms with Gasteiger partial charge in [0.1, 0.15) is 60.1 Å². The lowest BCUT2D eigenvalue weighted by molar-refractivity contribution is -0.147. The second-order valence-corrected chi connectivity index (χ2v) is 39.4. The summed E-state index contributed by atoms with van der Waals surface area (Å²) in [6.07, 6.45) is 13.6. The third-order valence-corrected chi connectivity index (χ3v) is 30.6. The Bertz CT molecular complexity index is 5040. The number of carboxylic acid groups (broad SMARTS) is 4. The first kappa shape index (κ1) is 118. The minimum absolute atomic E-state index is 0. The van der Waals surface area contributed by atoms with Crippen LogP contribution in [0.25, 0.3) is 21.8 Å². The van der Waals surface area contributed by atoms with Gasteiger partial charge in [-0.2, -0.15) is 47.0 Å². The van der Waals surface area contributed by atoms with E-state index in [0.29, 0.717) is 83.3 Å². The number of ether oxygens (including phenoxy) is 6. The molecule has 3 fully saturated rings. The maximum absolute atomic E-state index is 13.3. The number of Topliss-reactive ketones (excluding diaryl/α,β-unsaturated/α-hetero) is 4. The van der Waals surface area contributed by atoms with E-state index in [1.165, 1.54) is 26.7 Å². The van der Waals surface area contributed by atoms with Gasteiger partial charge in [0.05, 0.1) is 92.4 Å². The van der Waals surface area contributed by atoms with E-state index in [2.05, 4.69) is 55.1 Å². The molecule has 3 aliphatic rings. The van der Waals surface area contributed by atoms with Crippen LogP contribution in [-0.2, 0) is 112 Å². The molecule has 16 N–H and O–H groups in total. The molecule has 40 heteroatoms. The van der Waals surface area contributed by atoms with Crippen molar-refractivity contribution in [1.29, 1.82) is 0 Å². The second-order valence-electron chi connectivity index (χ2n) is 34.3. The lowest BCUT2D eigenvalue weighted by Crippen LogP contribution is -2.41. The van der Waals surface area contributed by atoms with Crippen LogP contribution in [0.2, 0.25) is 0 Å². The number of carboxylic acids is 4. The Morgan fingerprint density at radius 2 is 0.775 bits per heavy atom. The van der Waals surface area contributed by atoms with Crippen molar-refractivity contribution in [3.63, 3.8) is 0 Å². The fourth-order valence-corrected chi connectivity index (χ4v) is 21.3. The van der Waals surface area contributed by atoms with Gasteiger partial charge >= 0.3 is 35.8 Å². The van der Waals surface area contributed by atoms with E-state index in [0.717, 1.165) is 59.8 Å². The lowest BCUT2D eigenvalue weighted by Gasteiger charge is -2.36. The smallest absolute Gasteiger partial charge is 0.326 e. The average molecular weight is 2000 g/mol. The van der Waals surface area contributed by atoms with E-state index < -0.39 is 77.5 Å². The number of hydrogen-bond acceptors (Lipinski definition) is 28. The van der Waals surface area contributed by atoms with Gasteiger partial charge in [0, 0.05) is 150 Å². The van der Waals surface area contributed by atoms with Gasteiger partial charge in [0.25, 0.3) is 22.9 Å². The van der Waals surface area contributed by atoms with E-state index in [1.807, 2.05) is 13.8 Å². The van der Waals surface area contributed by atoms with Crippen molar-refractivity contribution in [2.45, 2.75) is 231 Å². The third kappa shape index (κ3) is 42.4. The van der Waals surface area contributed by atoms with Crippen molar-refractivity contribution in [3.05, 3.63) is 127 Å². The Balaban J connectivity index is 0.000000452. The fraction of sp³-hybridized carbons (Fsp3) is 0.592. The molecule has 3 saturated carbocycles. The van der Waals surface area contributed by atoms with Crippen molar-refractivity contribution in [2.75, 3.05) is 114 Å². The number of thioether (sulfide) groups is 4. The van der Waals surface area contributed by atoms with Gasteiger partial charge in [-0.3, -0.25) is 67.1 Å². The number of aromatic nitrogens is 4. The first-order valence-electron chi connectivity index (χ1n) is 46.4. The zero-order valence-corrected chi connectivity index (χ0v) is 81.6. The number of ketones is 4. The second kappa shape index (κ2) is 63.3. The van der Waals surface area contributed by atoms with Crippen molar-refractivity contribution in [2.24, 2.45) is 35.5 Å². The number of hydrogen-bond donors (Lipinski definition) is 14. The van der Waals surface area contributed by atoms with Gasteiger partial charge in [-0.15, -0.1) is 0 Å². The van der Waals surface area contributed by atoms with Gasteiger partial charge in [-0.25, -0.2) is 9.59 Å². The minimum atomic E-state index is -1.35. The van der Waals surface area contributed by atoms with Crippen LogP contribution >= 0.6 is 47.0 Å². The van der Waals surface area contributed by atoms with Crippen LogP contribution in [0.5, 0.6) is 0 Å². The molecule has 36 nitrogen and oxygen atoms in total. The van der Waals surface area contributed by atoms with Crippen LogP contribution in [0, 0.1) is 35.5 Å². The zero-order valence-electron chi connectivity index (χ0n) is 78.3. The summed E-state index contributed by atoms with van der Waals surface area (Å²) in [5, 5.41) is 51.2. The predicted molar refractivity (Wildman–Crippen MR) is 535 cm³/mol. The van der Waals surface area contributed by atoms with E-state index in [9.17, 15) is 97.1 Å². The first-order chi connectivity index (χ1) is 65.1. The van der Waals surface area contributed by atoms with Gasteiger partial charge in [0.15, 0.2) is 0 Å². The quantitative estimate of drug-likeness (QED) is 0.0125. The van der Waals surface area contributed by atoms with E-state index in [4.69, 9.17) is 39.9 Å². The van der Waals surface area contributed by atoms with Crippen LogP contribution < -0.4 is 43.9 Å². The molecule has 764 valence electrons. The van der Waals surface area contributed by atoms with Crippen LogP contribution in [-0.4, -0.2) is 258 Å². The number of carbonyl (C=O) groups excluding carboxylic acids is 10. The maximum Gasteiger partial charge on any atom is 0.326 e. The number of rotatable bonds is 64. The number of benzene rings is 2. The molecule has 2 aromatic carbocycles. The van der Waals surface area contributed by atoms with Crippen molar-refractivity contribution in [1.82, 2.24) is 41.2 Å². The molecular formula is C98H142N10O26S4. The number of pyridine rings is 2. The Hall–Kier alpha value is -10.4. The molecule has 4 aromatic heterocycles. The van der Waals surface area contributed by atoms with Gasteiger partial charge in [-0.05, 0) is 149 Å². The topological polar surface area (TPSA) is 573 Å². The highest BCUT2D eigenvalue weighted by Crippen LogP contribution is 2.44. The number of amides is 4. The number of nitrogens with one attached hydrogen (secondary N) is 8. The largest absolute Gasteiger partial charge is 0.481 e. The summed E-state index contributed by atoms with van der Waals surface area (Å²) in [6.45, 7) is 12.7. The number of carbonyl (C=O) groups is 14. The summed E-state index contributed by atoms with van der Waals surface area (Å²) < 4.78 is 32.0. The summed E-state index contributed by atoms with van der Waals surface area (Å²) in [6, 6.07) is 13.9. The number of fused-ring (bicyclic) bond motifs is 2. The number of nitrogen functional groups attached to an aromatic ring is 2. The Morgan fingerprint density at radius 1 is 0.428 bits per heavy atom. The highest BCUT2D eigenvalue weighted by molar-refractivity contribution is 8.04. The summed E-state index contributed by atoms with van der Waals surface area (Å²) in [7, 11) is 0. The number of esters is 2. The van der Waals surface area contributed by atoms with Gasteiger partial charge in [0.2, 0.25) is 11.8 Å². The molecule has 9 rings (SSSR count). The van der Waals surface area contributed by atoms with Crippen LogP contribution in [0.1, 0.15) is 215 Å². The molecule has 0 saturated heterocycles. The molecule has 3 aliphatic carbocycles. The van der Waals surface area contributed by atoms with Gasteiger partial charge in [-0.1, -0.05) is 79.7 Å². The summed E-state index contributed by atoms with van der Waals surface area (Å²) in [5.41, 5.74) is 16.1. The molecule has 138 heavy (non-hydrogen) atoms. The number of aromatic amines is 4. The number of nitrogens with two attached hydrogens (primary N) is 2. The maximum atomic E-state index is 13.3. The SMILES string of the molecule is C.C.CC1CCC1C.CCC(CSC1CCC1SCC(CC(=O)CCOCCC(C)=O)C(=O)NCCOCCOC(=O)CC[C@H](NC(=O)c1ccc(CCc2c[nH]c3cc(N)[nH]c(=O)c23)cc1)C(=O)O)C(=O)O.CCC(CSC1CCC1SCC(CC(=O)CCOCCC(C)=O)C(=O)O)C(=O)NCCOCCOC(=O)CC[C@H](NC(=O)c1ccc(CCc2c[nH]c3cc(N)[nH]c(=O)c23)cc1)C(=O)O. The third-order valence-electron chi connectivity index (χ3n) is 23.9. The molecule has 0 spiro atoms. The lowest BCUT2D eigenvalue weighted by atomic mass is 9.77. The minimum Gasteiger partial charge on any atom is -0.481 e. The molecule has 6 aromatic rings. The number of anilines is 2. The molecule has 10 unspecified atom stereocenters. The highest BCUT2D eigenvalue weighted by atomic mass is 32.2. The fourth-order valence-electron chi connectivity index (χ4n) is 14.6. The Kier molecular flexibility index (Phi) is 54.2. The van der Waals surface area contributed by atoms with E-state index in [1.54, 1.807) is 120 Å². The van der Waals surface area contributed by atoms with Gasteiger partial charge < -0.3 is 102 Å². The van der Waals surface area contributed by atoms with Crippen LogP contribution in [0.3, 0.4) is 0 Å². The Morgan fingerprint density at radius 3 is 1.12 bits per heavy atom. The summed E-state index contributed by atoms with van der Waals surface area (Å²) >= 11 is 6.55. The zero-order chi connectivity index (χ0) is 99.2. The molecule has 12 atom stereocenters. The average Bonchev–Trinajstić information content (AvgIpc) is 1.66. The first-order valence-corrected chi connectivity index (χ1v) is 50.6. The van der Waals surface area contributed by atoms with E-state index in [-0.39, 0.29) is 254 Å². The molecule has 0 bridgehead atoms. The Labute approximate surface area is 822 Å². The molecule has 0 aliphatic heterocycles. The van der Waals surface area contributed by atoms with Crippen molar-refractivity contribution < 1.29 is 116 Å². The monoisotopic (exact) mass is 2000 g/mol. The molecule has 4 amide bonds. The number of aliphatic carboxylic acids is 4. The predicted octanol–water partition coefficient (Wildman–Crippen LogP) is 11.2. The molecular weight excluding hydrogens is 1860 g/mol. The van der Waals surface area contributed by atoms with E-state index >= 15 is 0 Å². The summed E-state index contributed by atoms with van der Waals surface area (Å²) in [4.78, 5) is 207. The van der Waals surface area contributed by atoms with Crippen molar-refractivity contribution >= 4 is 163 Å². The molecule has 4 heterocycles. The standard InChI is InChI=1S/2C45H61N5O13S2.C6H12.2CH4/c1-3-29(44(57)58)25-64-36-11-12-37(36)65-26-32(22-33(52)15-18-61-17-14-27(2)51)41(54)47-16-19-62-20-21-63-39(53)13-10-34(45(59)60)49-42(55)30-7-4-28(5-8-30)6-9-31-24-48-35-23-38(46)50-43(56)40(31)35;1-3-29(25-64-36-11-12-37(36)65-26-32(44(57)58)22-33(52)15-18-61-17-14-27(2)51)41(54)47-16-19-62-20-21-63-39(53)13-10-34(45(59)60)49-42(55)30-7-4-28(5-8-30)6-9-31-24-48-35-23-38(46)50-43(56)40(31)35;1-5-3-4-6(5)2;;/h2*4-5,7-8,23-24,29,32,34,36-37,48H,3,6,9-22,25-26H2,1-2H3,(H,47,54)(H,49,55)(H,57,58)(H,59,60)(H3,46,50,56);5-6H,3-4H2,1-2H3;2*1H4/t2*29?,32?,34-,36?,37?;;;/m00.../s1. The van der Waals surface area contributed by atoms with Crippen LogP contribution in [0.4, 0.5) is 11.6 Å². The highest BCUT2D eigenvalue weighted by Gasteiger charge is 2.37. The van der Waals surface area contributed by atoms with Crippen LogP contribution in [0.15, 0.2) is 82.6 Å². The number of H-pyrrole nitrogens is 4. The normalized spacial score (nSPS) is 16.9. The molecule has 0 radical (unpaired) electrons. The van der Waals surface area contributed by atoms with Crippen molar-refractivity contribution in [3.8, 4) is 0 Å². The summed E-state index contributed by atoms with van der Waals surface area (Å²) in [5.74, 6) is -5.27. The number of aryl methyl sites for hydroxylation is 4.